The van der Waals surface area contributed by atoms with E-state index in [1.807, 2.05) is 76.2 Å². The quantitative estimate of drug-likeness (QED) is 0.150. The zero-order valence-electron chi connectivity index (χ0n) is 44.4. The molecule has 2 aromatic rings. The van der Waals surface area contributed by atoms with Crippen molar-refractivity contribution in [3.05, 3.63) is 70.8 Å². The molecule has 0 aromatic heterocycles. The van der Waals surface area contributed by atoms with Crippen LogP contribution in [0.15, 0.2) is 48.5 Å². The van der Waals surface area contributed by atoms with E-state index < -0.39 is 70.4 Å². The minimum absolute atomic E-state index is 0.0621. The number of likely N-dealkylation sites (N-methyl/N-ethyl adjacent to an activating group) is 2. The summed E-state index contributed by atoms with van der Waals surface area (Å²) in [6.45, 7) is 15.3. The molecule has 2 aromatic carbocycles. The largest absolute Gasteiger partial charge is 0.363 e. The highest BCUT2D eigenvalue weighted by molar-refractivity contribution is 8.00. The van der Waals surface area contributed by atoms with Gasteiger partial charge in [-0.25, -0.2) is 0 Å². The van der Waals surface area contributed by atoms with Gasteiger partial charge in [0.2, 0.25) is 35.4 Å². The molecule has 0 radical (unpaired) electrons. The van der Waals surface area contributed by atoms with Crippen LogP contribution in [0.4, 0.5) is 0 Å². The van der Waals surface area contributed by atoms with Crippen molar-refractivity contribution in [2.24, 2.45) is 10.8 Å². The first-order valence-corrected chi connectivity index (χ1v) is 28.0. The Bertz CT molecular complexity index is 2460. The Kier molecular flexibility index (Phi) is 16.6. The molecular weight excluding hydrogens is 977 g/mol. The topological polar surface area (TPSA) is 200 Å². The van der Waals surface area contributed by atoms with Gasteiger partial charge >= 0.3 is 0 Å². The lowest BCUT2D eigenvalue weighted by Gasteiger charge is -2.35. The third-order valence-electron chi connectivity index (χ3n) is 16.0. The second kappa shape index (κ2) is 22.3. The number of carbonyl (C=O) groups excluding carboxylic acids is 6. The summed E-state index contributed by atoms with van der Waals surface area (Å²) >= 11 is 3.31. The highest BCUT2D eigenvalue weighted by Gasteiger charge is 2.57. The van der Waals surface area contributed by atoms with E-state index in [9.17, 15) is 28.8 Å². The van der Waals surface area contributed by atoms with Gasteiger partial charge < -0.3 is 51.2 Å². The van der Waals surface area contributed by atoms with E-state index in [2.05, 4.69) is 55.6 Å². The Morgan fingerprint density at radius 2 is 1.00 bits per heavy atom. The Hall–Kier alpha value is -5.08. The zero-order chi connectivity index (χ0) is 53.3. The second-order valence-corrected chi connectivity index (χ2v) is 25.4. The predicted octanol–water partition coefficient (Wildman–Crippen LogP) is 3.74. The van der Waals surface area contributed by atoms with E-state index in [-0.39, 0.29) is 59.4 Å². The molecule has 16 nitrogen and oxygen atoms in total. The number of fused-ring (bicyclic) bond motifs is 4. The van der Waals surface area contributed by atoms with E-state index in [0.717, 1.165) is 22.3 Å². The van der Waals surface area contributed by atoms with Crippen LogP contribution < -0.4 is 31.9 Å². The predicted molar refractivity (Wildman–Crippen MR) is 287 cm³/mol. The summed E-state index contributed by atoms with van der Waals surface area (Å²) in [6, 6.07) is 11.9. The first-order chi connectivity index (χ1) is 35.1. The van der Waals surface area contributed by atoms with Gasteiger partial charge in [-0.2, -0.15) is 0 Å². The molecule has 4 heterocycles. The Balaban J connectivity index is 0.892. The summed E-state index contributed by atoms with van der Waals surface area (Å²) in [5, 5.41) is 18.1. The van der Waals surface area contributed by atoms with Crippen LogP contribution >= 0.6 is 23.5 Å². The lowest BCUT2D eigenvalue weighted by atomic mass is 9.83. The van der Waals surface area contributed by atoms with Gasteiger partial charge in [0, 0.05) is 12.8 Å². The molecule has 6 amide bonds. The van der Waals surface area contributed by atoms with Gasteiger partial charge in [-0.15, -0.1) is 23.5 Å². The van der Waals surface area contributed by atoms with Crippen LogP contribution in [0.5, 0.6) is 0 Å². The smallest absolute Gasteiger partial charge is 0.246 e. The molecule has 0 unspecified atom stereocenters. The van der Waals surface area contributed by atoms with Gasteiger partial charge in [-0.3, -0.25) is 28.8 Å². The van der Waals surface area contributed by atoms with Crippen LogP contribution in [0.25, 0.3) is 0 Å². The molecule has 18 heteroatoms. The van der Waals surface area contributed by atoms with E-state index in [1.54, 1.807) is 75.1 Å². The number of amides is 6. The first-order valence-electron chi connectivity index (χ1n) is 25.9. The van der Waals surface area contributed by atoms with Gasteiger partial charge in [-0.1, -0.05) is 88.1 Å². The number of benzene rings is 2. The summed E-state index contributed by atoms with van der Waals surface area (Å²) in [4.78, 5) is 87.6. The Morgan fingerprint density at radius 1 is 0.622 bits per heavy atom. The lowest BCUT2D eigenvalue weighted by Crippen LogP contribution is -2.60. The Morgan fingerprint density at radius 3 is 1.38 bits per heavy atom. The molecule has 6 aliphatic rings. The van der Waals surface area contributed by atoms with Crippen molar-refractivity contribution < 1.29 is 38.2 Å². The monoisotopic (exact) mass is 1050 g/mol. The zero-order valence-corrected chi connectivity index (χ0v) is 46.1. The average Bonchev–Trinajstić information content (AvgIpc) is 4.00. The Labute approximate surface area is 445 Å². The van der Waals surface area contributed by atoms with Crippen molar-refractivity contribution in [2.75, 3.05) is 38.8 Å². The number of rotatable bonds is 14. The van der Waals surface area contributed by atoms with Crippen molar-refractivity contribution in [1.82, 2.24) is 41.7 Å². The van der Waals surface area contributed by atoms with Gasteiger partial charge in [0.1, 0.15) is 37.4 Å². The van der Waals surface area contributed by atoms with Crippen LogP contribution in [0.3, 0.4) is 0 Å². The summed E-state index contributed by atoms with van der Waals surface area (Å²) in [5.41, 5.74) is 1.22. The fourth-order valence-corrected chi connectivity index (χ4v) is 14.5. The van der Waals surface area contributed by atoms with Crippen molar-refractivity contribution >= 4 is 59.0 Å². The summed E-state index contributed by atoms with van der Waals surface area (Å²) in [6.07, 6.45) is 2.52. The lowest BCUT2D eigenvalue weighted by molar-refractivity contribution is -0.144. The van der Waals surface area contributed by atoms with E-state index >= 15 is 0 Å². The normalized spacial score (nSPS) is 28.7. The maximum absolute atomic E-state index is 14.6. The van der Waals surface area contributed by atoms with Gasteiger partial charge in [0.25, 0.3) is 0 Å². The molecule has 398 valence electrons. The summed E-state index contributed by atoms with van der Waals surface area (Å²) in [7, 11) is 3.41. The molecule has 0 spiro atoms. The highest BCUT2D eigenvalue weighted by Crippen LogP contribution is 2.48. The standard InChI is InChI=1S/C56H74N8O8S2/c1-53(2)31-41-63(49(67)37(23-27-73-41)59-51(69)55(5,6)57-9)45(53)47(65)61-43-35-21-15-13-19-33(35)29-39(43)71-25-17-11-12-18-26-72-40-30-34-20-14-16-22-36(34)44(40)62-48(66)46-54(3,4)32-42-64(46)50(68)38(24-28-74-42)60-52(70)56(7,8)58-10/h13-16,19-22,37-46,57-58H,23-32H2,1-10H3,(H,59,69)(H,60,70)(H,61,65)(H,62,66)/t37-,38-,39+,40+,41-,42-,43-,44-,45+,46+/m0/s1. The molecule has 4 aliphatic heterocycles. The molecule has 10 atom stereocenters. The van der Waals surface area contributed by atoms with Crippen molar-refractivity contribution in [3.63, 3.8) is 0 Å². The molecule has 4 saturated heterocycles. The number of nitrogens with one attached hydrogen (secondary N) is 6. The van der Waals surface area contributed by atoms with Crippen molar-refractivity contribution in [3.8, 4) is 23.7 Å². The molecule has 0 bridgehead atoms. The van der Waals surface area contributed by atoms with Crippen molar-refractivity contribution in [2.45, 2.75) is 164 Å². The maximum atomic E-state index is 14.6. The minimum Gasteiger partial charge on any atom is -0.363 e. The van der Waals surface area contributed by atoms with E-state index in [4.69, 9.17) is 9.47 Å². The number of hydrogen-bond acceptors (Lipinski definition) is 12. The fourth-order valence-electron chi connectivity index (χ4n) is 11.3. The van der Waals surface area contributed by atoms with Crippen LogP contribution in [-0.2, 0) is 51.1 Å². The van der Waals surface area contributed by atoms with Crippen LogP contribution in [0, 0.1) is 34.5 Å². The van der Waals surface area contributed by atoms with E-state index in [1.165, 1.54) is 0 Å². The number of hydrogen-bond donors (Lipinski definition) is 6. The summed E-state index contributed by atoms with van der Waals surface area (Å²) in [5.74, 6) is 11.6. The van der Waals surface area contributed by atoms with Crippen LogP contribution in [0.1, 0.15) is 115 Å². The molecule has 2 aliphatic carbocycles. The molecule has 74 heavy (non-hydrogen) atoms. The molecule has 8 rings (SSSR count). The molecular formula is C56H74N8O8S2. The number of carbonyl (C=O) groups is 6. The third kappa shape index (κ3) is 11.4. The number of nitrogens with zero attached hydrogens (tertiary/aromatic N) is 2. The van der Waals surface area contributed by atoms with Crippen LogP contribution in [-0.4, -0.2) is 142 Å². The van der Waals surface area contributed by atoms with E-state index in [0.29, 0.717) is 50.0 Å². The fraction of sp³-hybridized carbons (Fsp3) is 0.607. The highest BCUT2D eigenvalue weighted by atomic mass is 32.2. The average molecular weight is 1050 g/mol. The molecule has 4 fully saturated rings. The summed E-state index contributed by atoms with van der Waals surface area (Å²) < 4.78 is 12.7. The van der Waals surface area contributed by atoms with Crippen LogP contribution in [0.2, 0.25) is 0 Å². The molecule has 0 saturated carbocycles. The first kappa shape index (κ1) is 55.2. The SMILES string of the molecule is CNC(C)(C)C(=O)N[C@H]1CCS[C@H]2CC(C)(C)[C@@H](C(=O)N[C@H]3c4ccccc4C[C@H]3OCC#CC#CCO[C@@H]3Cc4ccccc4[C@@H]3NC(=O)[C@H]3N4C(=O)[C@@H](NC(=O)C(C)(C)NC)CCS[C@H]4CC3(C)C)N2C1=O. The van der Waals surface area contributed by atoms with Crippen molar-refractivity contribution in [1.29, 1.82) is 0 Å². The van der Waals surface area contributed by atoms with Gasteiger partial charge in [0.15, 0.2) is 0 Å². The number of ether oxygens (including phenoxy) is 2. The van der Waals surface area contributed by atoms with Gasteiger partial charge in [-0.05, 0) is 124 Å². The minimum atomic E-state index is -0.873. The van der Waals surface area contributed by atoms with Gasteiger partial charge in [0.05, 0.1) is 46.1 Å². The molecule has 6 N–H and O–H groups in total. The third-order valence-corrected chi connectivity index (χ3v) is 18.5. The maximum Gasteiger partial charge on any atom is 0.246 e. The second-order valence-electron chi connectivity index (χ2n) is 22.8. The number of thioether (sulfide) groups is 2.